The van der Waals surface area contributed by atoms with Crippen molar-refractivity contribution in [3.05, 3.63) is 12.3 Å². The second-order valence-corrected chi connectivity index (χ2v) is 7.63. The van der Waals surface area contributed by atoms with Crippen molar-refractivity contribution in [3.63, 3.8) is 0 Å². The van der Waals surface area contributed by atoms with Gasteiger partial charge in [0.1, 0.15) is 6.04 Å². The Hall–Kier alpha value is -1.06. The third-order valence-corrected chi connectivity index (χ3v) is 6.74. The number of thioether (sulfide) groups is 1. The molecule has 0 bridgehead atoms. The van der Waals surface area contributed by atoms with Crippen LogP contribution in [0.25, 0.3) is 0 Å². The van der Waals surface area contributed by atoms with Gasteiger partial charge in [-0.15, -0.1) is 11.8 Å². The molecule has 2 N–H and O–H groups in total. The van der Waals surface area contributed by atoms with E-state index in [-0.39, 0.29) is 16.3 Å². The quantitative estimate of drug-likeness (QED) is 0.831. The van der Waals surface area contributed by atoms with Gasteiger partial charge < -0.3 is 5.11 Å². The van der Waals surface area contributed by atoms with Gasteiger partial charge in [0, 0.05) is 5.75 Å². The van der Waals surface area contributed by atoms with Crippen molar-refractivity contribution in [1.29, 1.82) is 0 Å². The zero-order chi connectivity index (χ0) is 13.6. The minimum Gasteiger partial charge on any atom is -0.480 e. The third-order valence-electron chi connectivity index (χ3n) is 3.32. The van der Waals surface area contributed by atoms with Gasteiger partial charge >= 0.3 is 5.97 Å². The molecule has 7 nitrogen and oxygen atoms in total. The van der Waals surface area contributed by atoms with Crippen molar-refractivity contribution in [2.24, 2.45) is 5.92 Å². The zero-order valence-corrected chi connectivity index (χ0v) is 11.5. The molecule has 1 aliphatic heterocycles. The summed E-state index contributed by atoms with van der Waals surface area (Å²) in [5, 5.41) is 14.9. The van der Waals surface area contributed by atoms with Crippen molar-refractivity contribution < 1.29 is 18.3 Å². The highest BCUT2D eigenvalue weighted by Gasteiger charge is 2.51. The lowest BCUT2D eigenvalue weighted by Gasteiger charge is -2.25. The van der Waals surface area contributed by atoms with Crippen LogP contribution >= 0.6 is 11.8 Å². The lowest BCUT2D eigenvalue weighted by atomic mass is 10.3. The number of aliphatic carboxylic acids is 1. The highest BCUT2D eigenvalue weighted by Crippen LogP contribution is 2.47. The first kappa shape index (κ1) is 12.9. The molecule has 2 fully saturated rings. The van der Waals surface area contributed by atoms with E-state index in [0.29, 0.717) is 5.75 Å². The van der Waals surface area contributed by atoms with E-state index >= 15 is 0 Å². The summed E-state index contributed by atoms with van der Waals surface area (Å²) in [6, 6.07) is 0.352. The van der Waals surface area contributed by atoms with Crippen LogP contribution in [-0.2, 0) is 14.8 Å². The van der Waals surface area contributed by atoms with Crippen LogP contribution in [0.15, 0.2) is 17.3 Å². The Kier molecular flexibility index (Phi) is 3.06. The van der Waals surface area contributed by atoms with Gasteiger partial charge in [0.05, 0.1) is 11.6 Å². The number of carboxylic acids is 1. The molecule has 0 amide bonds. The minimum absolute atomic E-state index is 0.0492. The second-order valence-electron chi connectivity index (χ2n) is 4.67. The van der Waals surface area contributed by atoms with E-state index in [4.69, 9.17) is 0 Å². The van der Waals surface area contributed by atoms with Crippen LogP contribution in [0.1, 0.15) is 12.8 Å². The molecule has 3 rings (SSSR count). The lowest BCUT2D eigenvalue weighted by molar-refractivity contribution is -0.140. The fraction of sp³-hybridized carbons (Fsp3) is 0.600. The predicted octanol–water partition coefficient (Wildman–Crippen LogP) is 0.337. The number of rotatable bonds is 4. The molecule has 1 saturated carbocycles. The van der Waals surface area contributed by atoms with Gasteiger partial charge in [0.15, 0.2) is 5.03 Å². The molecule has 2 atom stereocenters. The van der Waals surface area contributed by atoms with Crippen LogP contribution in [0.4, 0.5) is 0 Å². The first-order valence-corrected chi connectivity index (χ1v) is 8.38. The van der Waals surface area contributed by atoms with E-state index in [1.165, 1.54) is 24.0 Å². The van der Waals surface area contributed by atoms with Gasteiger partial charge in [-0.2, -0.15) is 9.40 Å². The summed E-state index contributed by atoms with van der Waals surface area (Å²) >= 11 is 1.41. The van der Waals surface area contributed by atoms with Gasteiger partial charge in [-0.1, -0.05) is 0 Å². The summed E-state index contributed by atoms with van der Waals surface area (Å²) in [5.41, 5.74) is 0. The molecule has 1 aliphatic carbocycles. The van der Waals surface area contributed by atoms with Crippen molar-refractivity contribution in [3.8, 4) is 0 Å². The Bertz CT molecular complexity index is 582. The molecule has 2 aliphatic rings. The van der Waals surface area contributed by atoms with Crippen LogP contribution in [0.5, 0.6) is 0 Å². The molecule has 1 aromatic rings. The van der Waals surface area contributed by atoms with Crippen molar-refractivity contribution in [1.82, 2.24) is 14.5 Å². The Morgan fingerprint density at radius 3 is 2.79 bits per heavy atom. The number of carboxylic acid groups (broad SMARTS) is 1. The van der Waals surface area contributed by atoms with E-state index in [1.807, 2.05) is 0 Å². The summed E-state index contributed by atoms with van der Waals surface area (Å²) in [4.78, 5) is 11.3. The second kappa shape index (κ2) is 4.50. The SMILES string of the molecule is O=C(O)C1CSC(C2CC2)N1S(=O)(=O)c1ccn[nH]1. The number of aromatic amines is 1. The number of aromatic nitrogens is 2. The van der Waals surface area contributed by atoms with Crippen molar-refractivity contribution in [2.75, 3.05) is 5.75 Å². The first-order chi connectivity index (χ1) is 9.01. The Balaban J connectivity index is 2.00. The topological polar surface area (TPSA) is 103 Å². The average Bonchev–Trinajstić information content (AvgIpc) is 2.91. The van der Waals surface area contributed by atoms with Gasteiger partial charge in [-0.05, 0) is 24.8 Å². The van der Waals surface area contributed by atoms with Crippen LogP contribution in [-0.4, -0.2) is 51.2 Å². The molecule has 0 aromatic carbocycles. The molecular formula is C10H13N3O4S2. The van der Waals surface area contributed by atoms with E-state index in [2.05, 4.69) is 10.2 Å². The normalized spacial score (nSPS) is 28.6. The Morgan fingerprint density at radius 1 is 1.53 bits per heavy atom. The molecule has 9 heteroatoms. The molecule has 104 valence electrons. The lowest BCUT2D eigenvalue weighted by Crippen LogP contribution is -2.46. The number of carbonyl (C=O) groups is 1. The molecule has 0 spiro atoms. The summed E-state index contributed by atoms with van der Waals surface area (Å²) in [7, 11) is -3.83. The molecule has 1 saturated heterocycles. The maximum atomic E-state index is 12.5. The fourth-order valence-corrected chi connectivity index (χ4v) is 5.94. The molecule has 19 heavy (non-hydrogen) atoms. The van der Waals surface area contributed by atoms with Crippen LogP contribution in [0.2, 0.25) is 0 Å². The van der Waals surface area contributed by atoms with E-state index in [0.717, 1.165) is 17.1 Å². The number of hydrogen-bond donors (Lipinski definition) is 2. The molecule has 2 heterocycles. The summed E-state index contributed by atoms with van der Waals surface area (Å²) in [6.07, 6.45) is 3.26. The molecule has 2 unspecified atom stereocenters. The highest BCUT2D eigenvalue weighted by atomic mass is 32.2. The van der Waals surface area contributed by atoms with Crippen molar-refractivity contribution >= 4 is 27.8 Å². The number of nitrogens with zero attached hydrogens (tertiary/aromatic N) is 2. The molecule has 1 aromatic heterocycles. The summed E-state index contributed by atoms with van der Waals surface area (Å²) in [6.45, 7) is 0. The maximum absolute atomic E-state index is 12.5. The fourth-order valence-electron chi connectivity index (χ4n) is 2.22. The number of hydrogen-bond acceptors (Lipinski definition) is 5. The monoisotopic (exact) mass is 303 g/mol. The molecule has 0 radical (unpaired) electrons. The molecular weight excluding hydrogens is 290 g/mol. The smallest absolute Gasteiger partial charge is 0.322 e. The maximum Gasteiger partial charge on any atom is 0.322 e. The van der Waals surface area contributed by atoms with Gasteiger partial charge in [0.2, 0.25) is 0 Å². The largest absolute Gasteiger partial charge is 0.480 e. The Labute approximate surface area is 114 Å². The highest BCUT2D eigenvalue weighted by molar-refractivity contribution is 8.01. The van der Waals surface area contributed by atoms with E-state index in [1.54, 1.807) is 0 Å². The Morgan fingerprint density at radius 2 is 2.26 bits per heavy atom. The number of nitrogens with one attached hydrogen (secondary N) is 1. The zero-order valence-electron chi connectivity index (χ0n) is 9.89. The van der Waals surface area contributed by atoms with Crippen LogP contribution in [0, 0.1) is 5.92 Å². The number of sulfonamides is 1. The summed E-state index contributed by atoms with van der Waals surface area (Å²) < 4.78 is 26.2. The van der Waals surface area contributed by atoms with Gasteiger partial charge in [-0.3, -0.25) is 9.89 Å². The predicted molar refractivity (Wildman–Crippen MR) is 68.0 cm³/mol. The van der Waals surface area contributed by atoms with Crippen LogP contribution in [0.3, 0.4) is 0 Å². The number of H-pyrrole nitrogens is 1. The summed E-state index contributed by atoms with van der Waals surface area (Å²) in [5.74, 6) is -0.532. The van der Waals surface area contributed by atoms with E-state index < -0.39 is 22.0 Å². The standard InChI is InChI=1S/C10H13N3O4S2/c14-10(15)7-5-18-9(6-1-2-6)13(7)19(16,17)8-3-4-11-12-8/h3-4,6-7,9H,1-2,5H2,(H,11,12)(H,14,15). The van der Waals surface area contributed by atoms with Crippen LogP contribution < -0.4 is 0 Å². The van der Waals surface area contributed by atoms with Crippen molar-refractivity contribution in [2.45, 2.75) is 29.3 Å². The first-order valence-electron chi connectivity index (χ1n) is 5.89. The average molecular weight is 303 g/mol. The minimum atomic E-state index is -3.83. The third kappa shape index (κ3) is 2.15. The van der Waals surface area contributed by atoms with Gasteiger partial charge in [0.25, 0.3) is 10.0 Å². The van der Waals surface area contributed by atoms with E-state index in [9.17, 15) is 18.3 Å². The van der Waals surface area contributed by atoms with Gasteiger partial charge in [-0.25, -0.2) is 8.42 Å².